The Labute approximate surface area is 221 Å². The number of halogens is 2. The second kappa shape index (κ2) is 10.9. The highest BCUT2D eigenvalue weighted by atomic mass is 35.5. The summed E-state index contributed by atoms with van der Waals surface area (Å²) in [5.41, 5.74) is 1.67. The molecule has 0 radical (unpaired) electrons. The van der Waals surface area contributed by atoms with E-state index in [4.69, 9.17) is 49.3 Å². The third kappa shape index (κ3) is 5.54. The fourth-order valence-corrected chi connectivity index (χ4v) is 4.20. The van der Waals surface area contributed by atoms with Gasteiger partial charge in [-0.2, -0.15) is 0 Å². The van der Waals surface area contributed by atoms with Gasteiger partial charge >= 0.3 is 0 Å². The maximum absolute atomic E-state index is 12.7. The van der Waals surface area contributed by atoms with Crippen molar-refractivity contribution < 1.29 is 23.5 Å². The minimum atomic E-state index is -0.560. The van der Waals surface area contributed by atoms with E-state index >= 15 is 0 Å². The van der Waals surface area contributed by atoms with Crippen LogP contribution in [0.15, 0.2) is 65.1 Å². The predicted octanol–water partition coefficient (Wildman–Crippen LogP) is 6.14. The third-order valence-corrected chi connectivity index (χ3v) is 5.74. The lowest BCUT2D eigenvalue weighted by Crippen LogP contribution is -2.34. The van der Waals surface area contributed by atoms with E-state index < -0.39 is 11.8 Å². The number of rotatable bonds is 6. The Balaban J connectivity index is 1.45. The van der Waals surface area contributed by atoms with Gasteiger partial charge < -0.3 is 24.5 Å². The largest absolute Gasteiger partial charge is 0.494 e. The summed E-state index contributed by atoms with van der Waals surface area (Å²) >= 11 is 17.4. The molecule has 2 amide bonds. The Morgan fingerprint density at radius 3 is 2.42 bits per heavy atom. The van der Waals surface area contributed by atoms with E-state index in [0.29, 0.717) is 22.7 Å². The lowest BCUT2D eigenvalue weighted by molar-refractivity contribution is 0.0972. The lowest BCUT2D eigenvalue weighted by atomic mass is 10.2. The molecule has 8 nitrogen and oxygen atoms in total. The first-order valence-electron chi connectivity index (χ1n) is 10.4. The molecule has 0 aliphatic rings. The van der Waals surface area contributed by atoms with Gasteiger partial charge in [0.05, 0.1) is 30.5 Å². The molecule has 3 aromatic carbocycles. The summed E-state index contributed by atoms with van der Waals surface area (Å²) in [5, 5.41) is 9.52. The topological polar surface area (TPSA) is 102 Å². The van der Waals surface area contributed by atoms with Gasteiger partial charge in [-0.3, -0.25) is 14.9 Å². The highest BCUT2D eigenvalue weighted by Crippen LogP contribution is 2.32. The van der Waals surface area contributed by atoms with Crippen LogP contribution in [0, 0.1) is 0 Å². The van der Waals surface area contributed by atoms with Crippen molar-refractivity contribution in [2.24, 2.45) is 0 Å². The van der Waals surface area contributed by atoms with E-state index in [0.717, 1.165) is 5.39 Å². The van der Waals surface area contributed by atoms with Gasteiger partial charge in [0.2, 0.25) is 0 Å². The summed E-state index contributed by atoms with van der Waals surface area (Å²) in [6.07, 6.45) is 0. The van der Waals surface area contributed by atoms with Crippen molar-refractivity contribution >= 4 is 74.7 Å². The summed E-state index contributed by atoms with van der Waals surface area (Å²) in [4.78, 5) is 25.4. The number of hydrogen-bond acceptors (Lipinski definition) is 6. The van der Waals surface area contributed by atoms with Crippen molar-refractivity contribution in [2.75, 3.05) is 24.9 Å². The highest BCUT2D eigenvalue weighted by molar-refractivity contribution is 7.80. The van der Waals surface area contributed by atoms with E-state index in [-0.39, 0.29) is 32.2 Å². The van der Waals surface area contributed by atoms with E-state index in [9.17, 15) is 9.59 Å². The molecule has 11 heteroatoms. The van der Waals surface area contributed by atoms with Crippen molar-refractivity contribution in [2.45, 2.75) is 0 Å². The van der Waals surface area contributed by atoms with Gasteiger partial charge in [-0.25, -0.2) is 0 Å². The van der Waals surface area contributed by atoms with Gasteiger partial charge in [0.25, 0.3) is 11.8 Å². The summed E-state index contributed by atoms with van der Waals surface area (Å²) in [5.74, 6) is -0.284. The summed E-state index contributed by atoms with van der Waals surface area (Å²) in [6, 6.07) is 16.8. The monoisotopic (exact) mass is 543 g/mol. The maximum atomic E-state index is 12.7. The molecule has 4 rings (SSSR count). The van der Waals surface area contributed by atoms with Crippen LogP contribution in [0.25, 0.3) is 11.0 Å². The van der Waals surface area contributed by atoms with Crippen LogP contribution in [-0.2, 0) is 0 Å². The average Bonchev–Trinajstić information content (AvgIpc) is 3.29. The van der Waals surface area contributed by atoms with E-state index in [1.54, 1.807) is 30.3 Å². The van der Waals surface area contributed by atoms with Crippen LogP contribution in [0.4, 0.5) is 11.4 Å². The Morgan fingerprint density at radius 2 is 1.69 bits per heavy atom. The average molecular weight is 544 g/mol. The molecule has 0 spiro atoms. The van der Waals surface area contributed by atoms with Crippen LogP contribution in [0.1, 0.15) is 20.9 Å². The third-order valence-electron chi connectivity index (χ3n) is 5.04. The number of carbonyl (C=O) groups excluding carboxylic acids is 2. The number of benzene rings is 3. The highest BCUT2D eigenvalue weighted by Gasteiger charge is 2.19. The van der Waals surface area contributed by atoms with Gasteiger partial charge in [0.15, 0.2) is 10.9 Å². The summed E-state index contributed by atoms with van der Waals surface area (Å²) < 4.78 is 16.2. The summed E-state index contributed by atoms with van der Waals surface area (Å²) in [7, 11) is 2.86. The van der Waals surface area contributed by atoms with E-state index in [1.165, 1.54) is 26.4 Å². The zero-order valence-electron chi connectivity index (χ0n) is 19.0. The van der Waals surface area contributed by atoms with Gasteiger partial charge in [0, 0.05) is 22.2 Å². The fourth-order valence-electron chi connectivity index (χ4n) is 3.42. The van der Waals surface area contributed by atoms with Crippen molar-refractivity contribution in [3.05, 3.63) is 82.0 Å². The number of ether oxygens (including phenoxy) is 2. The molecule has 36 heavy (non-hydrogen) atoms. The number of furan rings is 1. The molecule has 0 aliphatic heterocycles. The summed E-state index contributed by atoms with van der Waals surface area (Å²) in [6.45, 7) is 0. The minimum absolute atomic E-state index is 0.0132. The molecule has 4 aromatic rings. The molecule has 0 bridgehead atoms. The Bertz CT molecular complexity index is 1460. The number of thiocarbonyl (C=S) groups is 1. The van der Waals surface area contributed by atoms with Crippen molar-refractivity contribution in [3.63, 3.8) is 0 Å². The van der Waals surface area contributed by atoms with Crippen molar-refractivity contribution in [1.29, 1.82) is 0 Å². The number of para-hydroxylation sites is 1. The molecule has 3 N–H and O–H groups in total. The SMILES string of the molecule is COc1cc(NC(=S)NC(=O)c2cc(Cl)cc(Cl)c2OC)ccc1NC(=O)c1cc2ccccc2o1. The Kier molecular flexibility index (Phi) is 7.64. The van der Waals surface area contributed by atoms with Crippen LogP contribution in [0.3, 0.4) is 0 Å². The van der Waals surface area contributed by atoms with Crippen LogP contribution < -0.4 is 25.4 Å². The number of fused-ring (bicyclic) bond motifs is 1. The first kappa shape index (κ1) is 25.3. The number of anilines is 2. The fraction of sp³-hybridized carbons (Fsp3) is 0.0800. The first-order valence-corrected chi connectivity index (χ1v) is 11.6. The van der Waals surface area contributed by atoms with Crippen molar-refractivity contribution in [3.8, 4) is 11.5 Å². The predicted molar refractivity (Wildman–Crippen MR) is 144 cm³/mol. The normalized spacial score (nSPS) is 10.6. The molecule has 0 atom stereocenters. The molecule has 0 unspecified atom stereocenters. The van der Waals surface area contributed by atoms with E-state index in [2.05, 4.69) is 16.0 Å². The molecule has 0 aliphatic carbocycles. The molecule has 0 saturated carbocycles. The number of nitrogens with one attached hydrogen (secondary N) is 3. The molecular weight excluding hydrogens is 525 g/mol. The molecule has 1 aromatic heterocycles. The molecule has 184 valence electrons. The van der Waals surface area contributed by atoms with Crippen LogP contribution in [0.2, 0.25) is 10.0 Å². The van der Waals surface area contributed by atoms with E-state index in [1.807, 2.05) is 18.2 Å². The lowest BCUT2D eigenvalue weighted by Gasteiger charge is -2.15. The number of carbonyl (C=O) groups is 2. The molecule has 0 saturated heterocycles. The second-order valence-electron chi connectivity index (χ2n) is 7.39. The van der Waals surface area contributed by atoms with Gasteiger partial charge in [-0.1, -0.05) is 41.4 Å². The Hall–Kier alpha value is -3.79. The zero-order valence-corrected chi connectivity index (χ0v) is 21.3. The maximum Gasteiger partial charge on any atom is 0.291 e. The smallest absolute Gasteiger partial charge is 0.291 e. The zero-order chi connectivity index (χ0) is 25.8. The second-order valence-corrected chi connectivity index (χ2v) is 8.65. The number of amides is 2. The van der Waals surface area contributed by atoms with Gasteiger partial charge in [-0.15, -0.1) is 0 Å². The van der Waals surface area contributed by atoms with Crippen LogP contribution >= 0.6 is 35.4 Å². The van der Waals surface area contributed by atoms with Crippen LogP contribution in [-0.4, -0.2) is 31.1 Å². The molecular formula is C25H19Cl2N3O5S. The number of methoxy groups -OCH3 is 2. The Morgan fingerprint density at radius 1 is 0.917 bits per heavy atom. The quantitative estimate of drug-likeness (QED) is 0.251. The van der Waals surface area contributed by atoms with Crippen molar-refractivity contribution in [1.82, 2.24) is 5.32 Å². The minimum Gasteiger partial charge on any atom is -0.494 e. The molecule has 0 fully saturated rings. The first-order chi connectivity index (χ1) is 17.3. The molecule has 1 heterocycles. The number of hydrogen-bond donors (Lipinski definition) is 3. The van der Waals surface area contributed by atoms with Gasteiger partial charge in [0.1, 0.15) is 17.1 Å². The van der Waals surface area contributed by atoms with Gasteiger partial charge in [-0.05, 0) is 48.6 Å². The standard InChI is InChI=1S/C25H19Cl2N3O5S/c1-33-20-12-15(28-25(36)30-23(31)16-10-14(26)11-17(27)22(16)34-2)7-8-18(20)29-24(32)21-9-13-5-3-4-6-19(13)35-21/h3-12H,1-2H3,(H,29,32)(H2,28,30,31,36). The van der Waals surface area contributed by atoms with Crippen LogP contribution in [0.5, 0.6) is 11.5 Å².